The fourth-order valence-electron chi connectivity index (χ4n) is 11.8. The lowest BCUT2D eigenvalue weighted by molar-refractivity contribution is -0.144. The van der Waals surface area contributed by atoms with Gasteiger partial charge in [-0.2, -0.15) is 52.7 Å². The maximum atomic E-state index is 14.8. The number of nitrogens with zero attached hydrogens (tertiary/aromatic N) is 2. The van der Waals surface area contributed by atoms with Gasteiger partial charge in [-0.3, -0.25) is 0 Å². The molecule has 0 radical (unpaired) electrons. The van der Waals surface area contributed by atoms with Crippen LogP contribution in [0.15, 0.2) is 119 Å². The van der Waals surface area contributed by atoms with Gasteiger partial charge in [0.15, 0.2) is 0 Å². The number of alkyl halides is 12. The Labute approximate surface area is 476 Å². The van der Waals surface area contributed by atoms with Crippen molar-refractivity contribution in [2.24, 2.45) is 15.4 Å². The van der Waals surface area contributed by atoms with E-state index in [1.807, 2.05) is 36.4 Å². The Bertz CT molecular complexity index is 3240. The molecule has 6 aromatic rings. The maximum absolute atomic E-state index is 14.8. The fourth-order valence-corrected chi connectivity index (χ4v) is 11.8. The molecule has 2 aliphatic heterocycles. The highest BCUT2D eigenvalue weighted by molar-refractivity contribution is 6.07. The summed E-state index contributed by atoms with van der Waals surface area (Å²) < 4.78 is 191. The van der Waals surface area contributed by atoms with Gasteiger partial charge in [-0.1, -0.05) is 144 Å². The average Bonchev–Trinajstić information content (AvgIpc) is 3.39. The molecular formula is C67H66F12N2O2. The van der Waals surface area contributed by atoms with Crippen molar-refractivity contribution in [1.82, 2.24) is 0 Å². The summed E-state index contributed by atoms with van der Waals surface area (Å²) in [5.41, 5.74) is -0.714. The fraction of sp³-hybridized carbons (Fsp3) is 0.433. The van der Waals surface area contributed by atoms with Crippen LogP contribution in [0.4, 0.5) is 52.7 Å². The summed E-state index contributed by atoms with van der Waals surface area (Å²) in [5, 5.41) is 0. The predicted molar refractivity (Wildman–Crippen MR) is 299 cm³/mol. The van der Waals surface area contributed by atoms with E-state index in [1.165, 1.54) is 0 Å². The topological polar surface area (TPSA) is 43.2 Å². The van der Waals surface area contributed by atoms with Crippen molar-refractivity contribution in [3.8, 4) is 22.3 Å². The van der Waals surface area contributed by atoms with Crippen LogP contribution in [0.3, 0.4) is 0 Å². The second-order valence-electron chi connectivity index (χ2n) is 27.2. The van der Waals surface area contributed by atoms with Gasteiger partial charge in [0.25, 0.3) is 0 Å². The zero-order valence-corrected chi connectivity index (χ0v) is 48.3. The summed E-state index contributed by atoms with van der Waals surface area (Å²) in [5.74, 6) is -0.738. The van der Waals surface area contributed by atoms with E-state index in [9.17, 15) is 52.7 Å². The summed E-state index contributed by atoms with van der Waals surface area (Å²) >= 11 is 0. The number of benzene rings is 6. The summed E-state index contributed by atoms with van der Waals surface area (Å²) in [7, 11) is 0. The molecule has 0 aromatic heterocycles. The predicted octanol–water partition coefficient (Wildman–Crippen LogP) is 19.2. The van der Waals surface area contributed by atoms with E-state index in [2.05, 4.69) is 119 Å². The lowest BCUT2D eigenvalue weighted by atomic mass is 9.74. The minimum Gasteiger partial charge on any atom is -0.474 e. The van der Waals surface area contributed by atoms with Crippen LogP contribution in [-0.2, 0) is 81.5 Å². The van der Waals surface area contributed by atoms with Crippen molar-refractivity contribution in [3.05, 3.63) is 187 Å². The van der Waals surface area contributed by atoms with E-state index in [0.29, 0.717) is 35.4 Å². The molecule has 0 spiro atoms. The standard InChI is InChI=1S/C67H66F12N2O2/c1-59(2,3)43-21-41(22-44(29-43)60(4,5)6)37-13-15-39-27-53-55(51(39)25-37)80-57(82-53)63(33-35-17-47(64(68,69)70)31-48(18-35)65(71,72)73,34-36-19-49(66(74,75)76)32-50(20-36)67(77,78)79)58-81-56-52-26-38(14-16-40(52)28-54(56)83-58)42-23-45(61(7,8)9)30-46(24-42)62(10,11)12/h13-26,29-32,53-56H,27-28,33-34H2,1-12H3/t53-,54-,55+,56+/m1/s1. The monoisotopic (exact) mass is 1160 g/mol. The number of hydrogen-bond donors (Lipinski definition) is 0. The van der Waals surface area contributed by atoms with E-state index < -0.39 is 101 Å². The van der Waals surface area contributed by atoms with E-state index >= 15 is 0 Å². The van der Waals surface area contributed by atoms with Crippen molar-refractivity contribution in [1.29, 1.82) is 0 Å². The van der Waals surface area contributed by atoms with Crippen LogP contribution in [0.1, 0.15) is 173 Å². The molecule has 0 amide bonds. The number of ether oxygens (including phenoxy) is 2. The summed E-state index contributed by atoms with van der Waals surface area (Å²) in [6.45, 7) is 25.3. The first-order chi connectivity index (χ1) is 38.0. The van der Waals surface area contributed by atoms with Gasteiger partial charge in [-0.25, -0.2) is 9.98 Å². The van der Waals surface area contributed by atoms with Crippen LogP contribution in [-0.4, -0.2) is 24.0 Å². The second-order valence-corrected chi connectivity index (χ2v) is 27.2. The van der Waals surface area contributed by atoms with Crippen molar-refractivity contribution in [3.63, 3.8) is 0 Å². The molecule has 0 saturated heterocycles. The third-order valence-corrected chi connectivity index (χ3v) is 16.6. The normalized spacial score (nSPS) is 19.4. The van der Waals surface area contributed by atoms with E-state index in [0.717, 1.165) is 55.6 Å². The van der Waals surface area contributed by atoms with Crippen LogP contribution in [0.25, 0.3) is 22.3 Å². The van der Waals surface area contributed by atoms with Crippen LogP contribution in [0.5, 0.6) is 0 Å². The third kappa shape index (κ3) is 11.8. The van der Waals surface area contributed by atoms with E-state index in [4.69, 9.17) is 19.5 Å². The van der Waals surface area contributed by atoms with Crippen LogP contribution in [0, 0.1) is 5.41 Å². The second kappa shape index (κ2) is 19.8. The first kappa shape index (κ1) is 59.6. The number of hydrogen-bond acceptors (Lipinski definition) is 4. The summed E-state index contributed by atoms with van der Waals surface area (Å²) in [6, 6.07) is 24.5. The zero-order valence-electron chi connectivity index (χ0n) is 48.3. The largest absolute Gasteiger partial charge is 0.474 e. The molecule has 10 rings (SSSR count). The van der Waals surface area contributed by atoms with Crippen molar-refractivity contribution in [2.75, 3.05) is 0 Å². The minimum absolute atomic E-state index is 0.0537. The molecular weight excluding hydrogens is 1090 g/mol. The van der Waals surface area contributed by atoms with Gasteiger partial charge in [0.1, 0.15) is 29.7 Å². The SMILES string of the molecule is CC(C)(C)c1cc(-c2ccc3c(c2)[C@@H]2N=C(C(Cc4cc(C(F)(F)F)cc(C(F)(F)F)c4)(Cc4cc(C(F)(F)F)cc(C(F)(F)F)c4)C4=N[C@H]5c6cc(-c7cc(C(C)(C)C)cc(C(C)(C)C)c7)ccc6C[C@H]5O4)O[C@@H]2C3)cc(C(C)(C)C)c1. The third-order valence-electron chi connectivity index (χ3n) is 16.6. The van der Waals surface area contributed by atoms with Crippen LogP contribution < -0.4 is 0 Å². The van der Waals surface area contributed by atoms with Gasteiger partial charge in [-0.15, -0.1) is 0 Å². The first-order valence-corrected chi connectivity index (χ1v) is 27.7. The van der Waals surface area contributed by atoms with Gasteiger partial charge < -0.3 is 9.47 Å². The Hall–Kier alpha value is -6.58. The molecule has 4 atom stereocenters. The Morgan fingerprint density at radius 2 is 0.627 bits per heavy atom. The van der Waals surface area contributed by atoms with Gasteiger partial charge in [0.2, 0.25) is 11.8 Å². The molecule has 440 valence electrons. The van der Waals surface area contributed by atoms with Crippen molar-refractivity contribution < 1.29 is 62.2 Å². The Morgan fingerprint density at radius 1 is 0.349 bits per heavy atom. The lowest BCUT2D eigenvalue weighted by Crippen LogP contribution is -2.45. The number of fused-ring (bicyclic) bond motifs is 6. The number of aliphatic imine (C=N–C) groups is 2. The molecule has 0 bridgehead atoms. The number of halogens is 12. The summed E-state index contributed by atoms with van der Waals surface area (Å²) in [6.07, 6.45) is -24.6. The minimum atomic E-state index is -5.33. The molecule has 16 heteroatoms. The molecule has 2 heterocycles. The molecule has 0 saturated carbocycles. The molecule has 6 aromatic carbocycles. The zero-order chi connectivity index (χ0) is 60.7. The smallest absolute Gasteiger partial charge is 0.416 e. The molecule has 4 aliphatic rings. The maximum Gasteiger partial charge on any atom is 0.416 e. The Kier molecular flexibility index (Phi) is 14.2. The molecule has 83 heavy (non-hydrogen) atoms. The molecule has 0 unspecified atom stereocenters. The highest BCUT2D eigenvalue weighted by atomic mass is 19.4. The highest BCUT2D eigenvalue weighted by Crippen LogP contribution is 2.52. The quantitative estimate of drug-likeness (QED) is 0.143. The van der Waals surface area contributed by atoms with Gasteiger partial charge in [-0.05, 0) is 161 Å². The van der Waals surface area contributed by atoms with E-state index in [-0.39, 0.29) is 58.4 Å². The van der Waals surface area contributed by atoms with E-state index in [1.54, 1.807) is 0 Å². The van der Waals surface area contributed by atoms with Crippen LogP contribution in [0.2, 0.25) is 0 Å². The van der Waals surface area contributed by atoms with Gasteiger partial charge >= 0.3 is 24.7 Å². The first-order valence-electron chi connectivity index (χ1n) is 27.7. The lowest BCUT2D eigenvalue weighted by Gasteiger charge is -2.34. The van der Waals surface area contributed by atoms with Crippen LogP contribution >= 0.6 is 0 Å². The Balaban J connectivity index is 1.20. The molecule has 2 aliphatic carbocycles. The molecule has 0 fully saturated rings. The van der Waals surface area contributed by atoms with Crippen molar-refractivity contribution in [2.45, 2.75) is 179 Å². The average molecular weight is 1160 g/mol. The van der Waals surface area contributed by atoms with Gasteiger partial charge in [0.05, 0.1) is 22.3 Å². The molecule has 4 nitrogen and oxygen atoms in total. The number of rotatable bonds is 8. The summed E-state index contributed by atoms with van der Waals surface area (Å²) in [4.78, 5) is 10.3. The molecule has 0 N–H and O–H groups in total. The highest BCUT2D eigenvalue weighted by Gasteiger charge is 2.56. The van der Waals surface area contributed by atoms with Crippen molar-refractivity contribution >= 4 is 11.8 Å². The van der Waals surface area contributed by atoms with Gasteiger partial charge in [0, 0.05) is 12.8 Å². The Morgan fingerprint density at radius 3 is 0.892 bits per heavy atom.